The largest absolute Gasteiger partial charge is 0.480 e. The van der Waals surface area contributed by atoms with Crippen LogP contribution in [0.5, 0.6) is 0 Å². The number of carbonyl (C=O) groups is 2. The SMILES string of the molecule is COCCOCC(=O)N(CC(=O)O)c1cccc(Cl)c1. The van der Waals surface area contributed by atoms with Gasteiger partial charge in [0, 0.05) is 17.8 Å². The minimum Gasteiger partial charge on any atom is -0.480 e. The summed E-state index contributed by atoms with van der Waals surface area (Å²) >= 11 is 5.84. The van der Waals surface area contributed by atoms with E-state index in [0.717, 1.165) is 4.90 Å². The number of rotatable bonds is 8. The normalized spacial score (nSPS) is 10.3. The van der Waals surface area contributed by atoms with E-state index >= 15 is 0 Å². The Morgan fingerprint density at radius 3 is 2.70 bits per heavy atom. The van der Waals surface area contributed by atoms with Crippen LogP contribution in [0.3, 0.4) is 0 Å². The number of anilines is 1. The van der Waals surface area contributed by atoms with Crippen LogP contribution >= 0.6 is 11.6 Å². The van der Waals surface area contributed by atoms with E-state index in [4.69, 9.17) is 26.2 Å². The molecule has 110 valence electrons. The maximum atomic E-state index is 12.0. The summed E-state index contributed by atoms with van der Waals surface area (Å²) in [6, 6.07) is 6.43. The highest BCUT2D eigenvalue weighted by Gasteiger charge is 2.19. The van der Waals surface area contributed by atoms with Crippen LogP contribution in [0.1, 0.15) is 0 Å². The quantitative estimate of drug-likeness (QED) is 0.735. The summed E-state index contributed by atoms with van der Waals surface area (Å²) in [6.45, 7) is -0.0436. The van der Waals surface area contributed by atoms with Gasteiger partial charge in [0.15, 0.2) is 0 Å². The van der Waals surface area contributed by atoms with Gasteiger partial charge >= 0.3 is 5.97 Å². The Morgan fingerprint density at radius 1 is 1.35 bits per heavy atom. The predicted octanol–water partition coefficient (Wildman–Crippen LogP) is 1.42. The number of hydrogen-bond donors (Lipinski definition) is 1. The molecule has 0 spiro atoms. The average Bonchev–Trinajstić information content (AvgIpc) is 2.40. The van der Waals surface area contributed by atoms with E-state index in [1.807, 2.05) is 0 Å². The lowest BCUT2D eigenvalue weighted by Gasteiger charge is -2.21. The van der Waals surface area contributed by atoms with Crippen LogP contribution in [0, 0.1) is 0 Å². The molecule has 0 saturated carbocycles. The Balaban J connectivity index is 2.73. The van der Waals surface area contributed by atoms with Crippen LogP contribution in [0.15, 0.2) is 24.3 Å². The van der Waals surface area contributed by atoms with Gasteiger partial charge in [-0.3, -0.25) is 14.5 Å². The van der Waals surface area contributed by atoms with Crippen LogP contribution in [0.4, 0.5) is 5.69 Å². The number of aliphatic carboxylic acids is 1. The van der Waals surface area contributed by atoms with E-state index in [1.54, 1.807) is 18.2 Å². The number of methoxy groups -OCH3 is 1. The van der Waals surface area contributed by atoms with E-state index in [0.29, 0.717) is 17.3 Å². The molecule has 1 aromatic carbocycles. The Bertz CT molecular complexity index is 466. The molecule has 0 aromatic heterocycles. The molecule has 0 saturated heterocycles. The molecule has 1 rings (SSSR count). The van der Waals surface area contributed by atoms with Gasteiger partial charge in [0.25, 0.3) is 5.91 Å². The van der Waals surface area contributed by atoms with Gasteiger partial charge in [-0.1, -0.05) is 17.7 Å². The zero-order valence-electron chi connectivity index (χ0n) is 11.0. The van der Waals surface area contributed by atoms with Crippen molar-refractivity contribution in [2.24, 2.45) is 0 Å². The van der Waals surface area contributed by atoms with Crippen molar-refractivity contribution in [3.63, 3.8) is 0 Å². The zero-order valence-corrected chi connectivity index (χ0v) is 11.8. The second-order valence-corrected chi connectivity index (χ2v) is 4.34. The van der Waals surface area contributed by atoms with Crippen LogP contribution in [-0.4, -0.2) is 50.5 Å². The highest BCUT2D eigenvalue weighted by Crippen LogP contribution is 2.19. The number of amides is 1. The van der Waals surface area contributed by atoms with E-state index in [2.05, 4.69) is 0 Å². The fourth-order valence-corrected chi connectivity index (χ4v) is 1.67. The highest BCUT2D eigenvalue weighted by molar-refractivity contribution is 6.30. The first kappa shape index (κ1) is 16.4. The standard InChI is InChI=1S/C13H16ClNO5/c1-19-5-6-20-9-12(16)15(8-13(17)18)11-4-2-3-10(14)7-11/h2-4,7H,5-6,8-9H2,1H3,(H,17,18). The third kappa shape index (κ3) is 5.56. The molecular weight excluding hydrogens is 286 g/mol. The van der Waals surface area contributed by atoms with Crippen molar-refractivity contribution in [1.82, 2.24) is 0 Å². The monoisotopic (exact) mass is 301 g/mol. The smallest absolute Gasteiger partial charge is 0.323 e. The number of carbonyl (C=O) groups excluding carboxylic acids is 1. The fourth-order valence-electron chi connectivity index (χ4n) is 1.48. The Morgan fingerprint density at radius 2 is 2.10 bits per heavy atom. The molecule has 0 aliphatic heterocycles. The van der Waals surface area contributed by atoms with E-state index in [-0.39, 0.29) is 13.2 Å². The molecule has 0 atom stereocenters. The number of ether oxygens (including phenoxy) is 2. The van der Waals surface area contributed by atoms with Gasteiger partial charge in [-0.15, -0.1) is 0 Å². The maximum absolute atomic E-state index is 12.0. The fraction of sp³-hybridized carbons (Fsp3) is 0.385. The van der Waals surface area contributed by atoms with Crippen molar-refractivity contribution in [3.05, 3.63) is 29.3 Å². The number of carboxylic acid groups (broad SMARTS) is 1. The van der Waals surface area contributed by atoms with Gasteiger partial charge in [0.1, 0.15) is 13.2 Å². The Kier molecular flexibility index (Phi) is 7.00. The third-order valence-corrected chi connectivity index (χ3v) is 2.61. The van der Waals surface area contributed by atoms with E-state index < -0.39 is 18.4 Å². The van der Waals surface area contributed by atoms with E-state index in [1.165, 1.54) is 13.2 Å². The summed E-state index contributed by atoms with van der Waals surface area (Å²) in [5, 5.41) is 9.31. The number of nitrogens with zero attached hydrogens (tertiary/aromatic N) is 1. The highest BCUT2D eigenvalue weighted by atomic mass is 35.5. The second-order valence-electron chi connectivity index (χ2n) is 3.90. The molecule has 0 fully saturated rings. The second kappa shape index (κ2) is 8.52. The van der Waals surface area contributed by atoms with Crippen molar-refractivity contribution in [1.29, 1.82) is 0 Å². The number of carboxylic acids is 1. The van der Waals surface area contributed by atoms with Crippen LogP contribution in [-0.2, 0) is 19.1 Å². The Hall–Kier alpha value is -1.63. The Labute approximate surface area is 121 Å². The van der Waals surface area contributed by atoms with Crippen molar-refractivity contribution in [2.45, 2.75) is 0 Å². The van der Waals surface area contributed by atoms with Gasteiger partial charge in [0.2, 0.25) is 0 Å². The van der Waals surface area contributed by atoms with Crippen molar-refractivity contribution in [3.8, 4) is 0 Å². The molecule has 1 N–H and O–H groups in total. The summed E-state index contributed by atoms with van der Waals surface area (Å²) in [7, 11) is 1.52. The van der Waals surface area contributed by atoms with Crippen LogP contribution in [0.25, 0.3) is 0 Å². The molecule has 0 unspecified atom stereocenters. The molecule has 0 radical (unpaired) electrons. The molecule has 6 nitrogen and oxygen atoms in total. The summed E-state index contributed by atoms with van der Waals surface area (Å²) in [5.74, 6) is -1.57. The lowest BCUT2D eigenvalue weighted by atomic mass is 10.3. The third-order valence-electron chi connectivity index (χ3n) is 2.37. The summed E-state index contributed by atoms with van der Waals surface area (Å²) in [4.78, 5) is 24.0. The first-order chi connectivity index (χ1) is 9.54. The summed E-state index contributed by atoms with van der Waals surface area (Å²) < 4.78 is 9.90. The van der Waals surface area contributed by atoms with Crippen molar-refractivity contribution >= 4 is 29.2 Å². The number of hydrogen-bond acceptors (Lipinski definition) is 4. The molecule has 1 aromatic rings. The van der Waals surface area contributed by atoms with Gasteiger partial charge in [-0.25, -0.2) is 0 Å². The van der Waals surface area contributed by atoms with Crippen molar-refractivity contribution in [2.75, 3.05) is 38.4 Å². The van der Waals surface area contributed by atoms with Gasteiger partial charge in [-0.05, 0) is 18.2 Å². The molecule has 1 amide bonds. The summed E-state index contributed by atoms with van der Waals surface area (Å²) in [5.41, 5.74) is 0.417. The maximum Gasteiger partial charge on any atom is 0.323 e. The lowest BCUT2D eigenvalue weighted by Crippen LogP contribution is -2.38. The van der Waals surface area contributed by atoms with E-state index in [9.17, 15) is 9.59 Å². The number of benzene rings is 1. The molecule has 0 heterocycles. The molecule has 0 bridgehead atoms. The first-order valence-electron chi connectivity index (χ1n) is 5.89. The minimum absolute atomic E-state index is 0.219. The predicted molar refractivity (Wildman–Crippen MR) is 74.1 cm³/mol. The van der Waals surface area contributed by atoms with Crippen LogP contribution in [0.2, 0.25) is 5.02 Å². The average molecular weight is 302 g/mol. The summed E-state index contributed by atoms with van der Waals surface area (Å²) in [6.07, 6.45) is 0. The minimum atomic E-state index is -1.12. The zero-order chi connectivity index (χ0) is 15.0. The topological polar surface area (TPSA) is 76.1 Å². The van der Waals surface area contributed by atoms with Gasteiger partial charge in [0.05, 0.1) is 13.2 Å². The van der Waals surface area contributed by atoms with Crippen LogP contribution < -0.4 is 4.90 Å². The number of halogens is 1. The van der Waals surface area contributed by atoms with Crippen molar-refractivity contribution < 1.29 is 24.2 Å². The lowest BCUT2D eigenvalue weighted by molar-refractivity contribution is -0.137. The molecule has 0 aliphatic rings. The molecule has 20 heavy (non-hydrogen) atoms. The van der Waals surface area contributed by atoms with Gasteiger partial charge < -0.3 is 14.6 Å². The first-order valence-corrected chi connectivity index (χ1v) is 6.26. The molecule has 7 heteroatoms. The molecular formula is C13H16ClNO5. The molecule has 0 aliphatic carbocycles. The van der Waals surface area contributed by atoms with Gasteiger partial charge in [-0.2, -0.15) is 0 Å².